The van der Waals surface area contributed by atoms with Crippen LogP contribution in [0.15, 0.2) is 42.5 Å². The van der Waals surface area contributed by atoms with Crippen molar-refractivity contribution in [3.8, 4) is 6.07 Å². The summed E-state index contributed by atoms with van der Waals surface area (Å²) in [6, 6.07) is 15.0. The number of carbonyl (C=O) groups excluding carboxylic acids is 1. The number of nitrogens with zero attached hydrogens (tertiary/aromatic N) is 4. The molecule has 184 valence electrons. The molecular weight excluding hydrogens is 446 g/mol. The molecule has 1 saturated heterocycles. The van der Waals surface area contributed by atoms with Gasteiger partial charge in [-0.25, -0.2) is 0 Å². The Hall–Kier alpha value is -3.64. The smallest absolute Gasteiger partial charge is 0.270 e. The van der Waals surface area contributed by atoms with Crippen LogP contribution in [0.1, 0.15) is 36.8 Å². The van der Waals surface area contributed by atoms with E-state index in [0.717, 1.165) is 38.8 Å². The van der Waals surface area contributed by atoms with Crippen LogP contribution in [0.3, 0.4) is 0 Å². The molecule has 0 aromatic heterocycles. The van der Waals surface area contributed by atoms with Crippen molar-refractivity contribution >= 4 is 23.0 Å². The van der Waals surface area contributed by atoms with Crippen molar-refractivity contribution in [1.29, 1.82) is 5.26 Å². The van der Waals surface area contributed by atoms with Gasteiger partial charge >= 0.3 is 0 Å². The molecule has 1 amide bonds. The molecule has 1 heterocycles. The normalized spacial score (nSPS) is 20.2. The van der Waals surface area contributed by atoms with Gasteiger partial charge in [0.05, 0.1) is 22.3 Å². The third kappa shape index (κ3) is 6.28. The molecule has 0 radical (unpaired) electrons. The molecule has 0 spiro atoms. The number of carbonyl (C=O) groups is 1. The number of non-ortho nitro benzene ring substituents is 1. The first-order valence-corrected chi connectivity index (χ1v) is 12.1. The van der Waals surface area contributed by atoms with Crippen LogP contribution in [0.4, 0.5) is 17.1 Å². The predicted octanol–water partition coefficient (Wildman–Crippen LogP) is 3.86. The molecule has 2 aromatic carbocycles. The number of nitrogens with one attached hydrogen (secondary N) is 1. The summed E-state index contributed by atoms with van der Waals surface area (Å²) >= 11 is 0. The lowest BCUT2D eigenvalue weighted by molar-refractivity contribution is -0.384. The maximum atomic E-state index is 12.7. The minimum absolute atomic E-state index is 0.0399. The van der Waals surface area contributed by atoms with Gasteiger partial charge in [0.15, 0.2) is 0 Å². The molecule has 4 rings (SSSR count). The predicted molar refractivity (Wildman–Crippen MR) is 133 cm³/mol. The maximum absolute atomic E-state index is 12.7. The molecule has 1 aliphatic heterocycles. The Morgan fingerprint density at radius 3 is 2.43 bits per heavy atom. The monoisotopic (exact) mass is 477 g/mol. The number of piperazine rings is 1. The lowest BCUT2D eigenvalue weighted by Gasteiger charge is -2.36. The Kier molecular flexibility index (Phi) is 7.83. The quantitative estimate of drug-likeness (QED) is 0.476. The van der Waals surface area contributed by atoms with Crippen molar-refractivity contribution in [2.45, 2.75) is 44.8 Å². The highest BCUT2D eigenvalue weighted by molar-refractivity contribution is 5.77. The fourth-order valence-electron chi connectivity index (χ4n) is 4.71. The summed E-state index contributed by atoms with van der Waals surface area (Å²) in [4.78, 5) is 27.3. The van der Waals surface area contributed by atoms with Crippen LogP contribution >= 0.6 is 0 Å². The number of nitriles is 1. The number of nitro groups is 1. The van der Waals surface area contributed by atoms with Gasteiger partial charge in [0.2, 0.25) is 5.91 Å². The lowest BCUT2D eigenvalue weighted by Crippen LogP contribution is -2.50. The zero-order valence-corrected chi connectivity index (χ0v) is 20.0. The fraction of sp³-hybridized carbons (Fsp3) is 0.462. The van der Waals surface area contributed by atoms with Crippen LogP contribution in [0.2, 0.25) is 0 Å². The third-order valence-electron chi connectivity index (χ3n) is 6.84. The second kappa shape index (κ2) is 11.2. The molecule has 0 unspecified atom stereocenters. The van der Waals surface area contributed by atoms with Crippen LogP contribution < -0.4 is 10.2 Å². The molecule has 9 nitrogen and oxygen atoms in total. The molecule has 1 N–H and O–H groups in total. The van der Waals surface area contributed by atoms with E-state index in [9.17, 15) is 20.2 Å². The van der Waals surface area contributed by atoms with Gasteiger partial charge in [0, 0.05) is 50.0 Å². The number of aryl methyl sites for hydroxylation is 1. The van der Waals surface area contributed by atoms with E-state index in [0.29, 0.717) is 18.8 Å². The molecule has 1 saturated carbocycles. The molecule has 9 heteroatoms. The zero-order valence-electron chi connectivity index (χ0n) is 20.0. The molecule has 2 fully saturated rings. The summed E-state index contributed by atoms with van der Waals surface area (Å²) in [6.45, 7) is 5.21. The maximum Gasteiger partial charge on any atom is 0.270 e. The highest BCUT2D eigenvalue weighted by Crippen LogP contribution is 2.27. The molecule has 2 aromatic rings. The summed E-state index contributed by atoms with van der Waals surface area (Å²) in [6.07, 6.45) is 3.37. The van der Waals surface area contributed by atoms with Crippen molar-refractivity contribution in [3.63, 3.8) is 0 Å². The van der Waals surface area contributed by atoms with Gasteiger partial charge in [-0.2, -0.15) is 5.26 Å². The summed E-state index contributed by atoms with van der Waals surface area (Å²) in [5.74, 6) is 0.0401. The lowest BCUT2D eigenvalue weighted by atomic mass is 9.92. The Bertz CT molecular complexity index is 1080. The van der Waals surface area contributed by atoms with E-state index < -0.39 is 4.92 Å². The van der Waals surface area contributed by atoms with E-state index in [1.54, 1.807) is 6.07 Å². The van der Waals surface area contributed by atoms with Gasteiger partial charge in [0.1, 0.15) is 12.7 Å². The van der Waals surface area contributed by atoms with Crippen molar-refractivity contribution in [2.24, 2.45) is 0 Å². The highest BCUT2D eigenvalue weighted by atomic mass is 16.6. The standard InChI is InChI=1S/C26H31N5O4/c1-19-2-6-22(7-3-19)29-12-14-30(15-13-29)26(32)18-35-24-9-4-21(5-10-24)28-25-11-8-23(31(33)34)16-20(25)17-27/h2-3,6-8,11,16,21,24,28H,4-5,9-10,12-15,18H2,1H3. The first kappa shape index (κ1) is 24.5. The van der Waals surface area contributed by atoms with Crippen molar-refractivity contribution in [1.82, 2.24) is 4.90 Å². The minimum atomic E-state index is -0.502. The van der Waals surface area contributed by atoms with Crippen LogP contribution in [0.25, 0.3) is 0 Å². The van der Waals surface area contributed by atoms with E-state index in [2.05, 4.69) is 41.4 Å². The van der Waals surface area contributed by atoms with Crippen LogP contribution in [-0.4, -0.2) is 60.7 Å². The van der Waals surface area contributed by atoms with E-state index in [4.69, 9.17) is 4.74 Å². The van der Waals surface area contributed by atoms with Gasteiger partial charge < -0.3 is 19.9 Å². The average molecular weight is 478 g/mol. The Morgan fingerprint density at radius 2 is 1.80 bits per heavy atom. The molecular formula is C26H31N5O4. The molecule has 0 atom stereocenters. The number of benzene rings is 2. The number of nitro benzene ring substituents is 1. The number of hydrogen-bond donors (Lipinski definition) is 1. The number of hydrogen-bond acceptors (Lipinski definition) is 7. The van der Waals surface area contributed by atoms with Crippen LogP contribution in [0, 0.1) is 28.4 Å². The number of rotatable bonds is 7. The molecule has 35 heavy (non-hydrogen) atoms. The van der Waals surface area contributed by atoms with Crippen LogP contribution in [-0.2, 0) is 9.53 Å². The second-order valence-corrected chi connectivity index (χ2v) is 9.23. The molecule has 2 aliphatic rings. The fourth-order valence-corrected chi connectivity index (χ4v) is 4.71. The summed E-state index contributed by atoms with van der Waals surface area (Å²) < 4.78 is 5.95. The highest BCUT2D eigenvalue weighted by Gasteiger charge is 2.26. The Morgan fingerprint density at radius 1 is 1.11 bits per heavy atom. The van der Waals surface area contributed by atoms with Gasteiger partial charge in [0.25, 0.3) is 5.69 Å². The van der Waals surface area contributed by atoms with Crippen LogP contribution in [0.5, 0.6) is 0 Å². The third-order valence-corrected chi connectivity index (χ3v) is 6.84. The topological polar surface area (TPSA) is 112 Å². The Labute approximate surface area is 205 Å². The molecule has 0 bridgehead atoms. The summed E-state index contributed by atoms with van der Waals surface area (Å²) in [7, 11) is 0. The van der Waals surface area contributed by atoms with Gasteiger partial charge in [-0.3, -0.25) is 14.9 Å². The average Bonchev–Trinajstić information content (AvgIpc) is 2.88. The SMILES string of the molecule is Cc1ccc(N2CCN(C(=O)COC3CCC(Nc4ccc([N+](=O)[O-])cc4C#N)CC3)CC2)cc1. The Balaban J connectivity index is 1.18. The zero-order chi connectivity index (χ0) is 24.8. The van der Waals surface area contributed by atoms with Gasteiger partial charge in [-0.15, -0.1) is 0 Å². The van der Waals surface area contributed by atoms with E-state index >= 15 is 0 Å². The first-order chi connectivity index (χ1) is 16.9. The number of amides is 1. The number of ether oxygens (including phenoxy) is 1. The van der Waals surface area contributed by atoms with Gasteiger partial charge in [-0.1, -0.05) is 17.7 Å². The number of anilines is 2. The summed E-state index contributed by atoms with van der Waals surface area (Å²) in [5.41, 5.74) is 3.22. The summed E-state index contributed by atoms with van der Waals surface area (Å²) in [5, 5.41) is 23.6. The van der Waals surface area contributed by atoms with Gasteiger partial charge in [-0.05, 0) is 50.8 Å². The molecule has 1 aliphatic carbocycles. The van der Waals surface area contributed by atoms with Crippen molar-refractivity contribution in [2.75, 3.05) is 43.0 Å². The second-order valence-electron chi connectivity index (χ2n) is 9.23. The van der Waals surface area contributed by atoms with E-state index in [1.807, 2.05) is 11.0 Å². The van der Waals surface area contributed by atoms with E-state index in [-0.39, 0.29) is 35.9 Å². The first-order valence-electron chi connectivity index (χ1n) is 12.1. The minimum Gasteiger partial charge on any atom is -0.381 e. The van der Waals surface area contributed by atoms with Crippen molar-refractivity contribution < 1.29 is 14.5 Å². The van der Waals surface area contributed by atoms with E-state index in [1.165, 1.54) is 23.4 Å². The van der Waals surface area contributed by atoms with Crippen molar-refractivity contribution in [3.05, 3.63) is 63.7 Å². The largest absolute Gasteiger partial charge is 0.381 e.